The zero-order chi connectivity index (χ0) is 43.0. The average molecular weight is 912 g/mol. The Labute approximate surface area is 361 Å². The van der Waals surface area contributed by atoms with E-state index in [4.69, 9.17) is 9.47 Å². The predicted octanol–water partition coefficient (Wildman–Crippen LogP) is 11.5. The van der Waals surface area contributed by atoms with E-state index in [0.29, 0.717) is 37.2 Å². The van der Waals surface area contributed by atoms with Crippen molar-refractivity contribution in [2.24, 2.45) is 11.8 Å². The van der Waals surface area contributed by atoms with E-state index in [1.807, 2.05) is 13.8 Å². The average Bonchev–Trinajstić information content (AvgIpc) is 3.20. The van der Waals surface area contributed by atoms with Crippen molar-refractivity contribution in [1.29, 1.82) is 0 Å². The van der Waals surface area contributed by atoms with Gasteiger partial charge in [0.2, 0.25) is 0 Å². The normalized spacial score (nSPS) is 11.9. The number of hydrogen-bond acceptors (Lipinski definition) is 8. The van der Waals surface area contributed by atoms with Crippen LogP contribution in [0.3, 0.4) is 0 Å². The van der Waals surface area contributed by atoms with E-state index in [2.05, 4.69) is 27.7 Å². The number of rotatable bonds is 38. The van der Waals surface area contributed by atoms with Gasteiger partial charge in [-0.1, -0.05) is 66.2 Å². The number of carboxylic acid groups (broad SMARTS) is 2. The van der Waals surface area contributed by atoms with Gasteiger partial charge in [0.05, 0.1) is 25.2 Å². The van der Waals surface area contributed by atoms with Crippen molar-refractivity contribution in [2.75, 3.05) is 13.2 Å². The number of esters is 2. The molecule has 2 atom stereocenters. The molecule has 0 aliphatic rings. The van der Waals surface area contributed by atoms with Gasteiger partial charge in [-0.3, -0.25) is 0 Å². The third-order valence-corrected chi connectivity index (χ3v) is 14.2. The first kappa shape index (κ1) is 59.5. The molecular weight excluding hydrogens is 823 g/mol. The second-order valence-electron chi connectivity index (χ2n) is 15.5. The molecule has 8 nitrogen and oxygen atoms in total. The first-order valence-electron chi connectivity index (χ1n) is 23.4. The van der Waals surface area contributed by atoms with Gasteiger partial charge in [-0.15, -0.1) is 0 Å². The molecule has 0 amide bonds. The summed E-state index contributed by atoms with van der Waals surface area (Å²) in [6, 6.07) is 0. The molecule has 9 heteroatoms. The molecule has 0 aromatic carbocycles. The molecule has 0 bridgehead atoms. The number of carbonyl (C=O) groups excluding carboxylic acids is 4. The van der Waals surface area contributed by atoms with Crippen molar-refractivity contribution < 1.29 is 38.9 Å². The third-order valence-electron chi connectivity index (χ3n) is 10.1. The maximum absolute atomic E-state index is 11.0. The quantitative estimate of drug-likeness (QED) is 0.0259. The van der Waals surface area contributed by atoms with Crippen molar-refractivity contribution in [3.63, 3.8) is 0 Å². The van der Waals surface area contributed by atoms with Crippen molar-refractivity contribution >= 4 is 45.0 Å². The topological polar surface area (TPSA) is 133 Å². The van der Waals surface area contributed by atoms with Gasteiger partial charge in [0.25, 0.3) is 0 Å². The van der Waals surface area contributed by atoms with Crippen LogP contribution in [-0.4, -0.2) is 58.2 Å². The number of aliphatic carboxylic acids is 2. The summed E-state index contributed by atoms with van der Waals surface area (Å²) in [4.78, 5) is 42.2. The summed E-state index contributed by atoms with van der Waals surface area (Å²) >= 11 is 0.0377. The van der Waals surface area contributed by atoms with Gasteiger partial charge in [-0.25, -0.2) is 9.59 Å². The molecule has 0 spiro atoms. The molecule has 0 aromatic heterocycles. The van der Waals surface area contributed by atoms with Crippen LogP contribution < -0.4 is 10.2 Å². The molecule has 57 heavy (non-hydrogen) atoms. The van der Waals surface area contributed by atoms with Crippen LogP contribution >= 0.6 is 0 Å². The number of carbonyl (C=O) groups is 4. The fraction of sp³-hybridized carbons (Fsp3) is 0.833. The predicted molar refractivity (Wildman–Crippen MR) is 236 cm³/mol. The Morgan fingerprint density at radius 2 is 0.702 bits per heavy atom. The monoisotopic (exact) mass is 913 g/mol. The molecule has 0 fully saturated rings. The van der Waals surface area contributed by atoms with Gasteiger partial charge in [0.15, 0.2) is 0 Å². The minimum atomic E-state index is -1.39. The van der Waals surface area contributed by atoms with Crippen molar-refractivity contribution in [3.8, 4) is 0 Å². The summed E-state index contributed by atoms with van der Waals surface area (Å²) < 4.78 is 13.2. The molecular formula is C48H88O8Sn. The summed E-state index contributed by atoms with van der Waals surface area (Å²) in [6.07, 6.45) is 41.4. The van der Waals surface area contributed by atoms with Crippen LogP contribution in [0.15, 0.2) is 24.3 Å². The van der Waals surface area contributed by atoms with Crippen molar-refractivity contribution in [3.05, 3.63) is 24.3 Å². The number of carboxylic acids is 2. The van der Waals surface area contributed by atoms with Gasteiger partial charge < -0.3 is 29.3 Å². The summed E-state index contributed by atoms with van der Waals surface area (Å²) in [5.74, 6) is -3.32. The standard InChI is InChI=1S/2C12H20O4.2C12H25.Sn/c2*1-3-5-6-10(4-2)9-16-12(15)8-7-11(13)14;2*1-3-5-7-9-11-12-10-8-6-4-2;/h2*7-8,10H,3-6,9H2,1-2H3,(H,13,14);2*1,3-12H2,2H3;/q;;;;+2/p-2/b2*8-7-;;;. The van der Waals surface area contributed by atoms with E-state index >= 15 is 0 Å². The molecule has 0 saturated carbocycles. The number of hydrogen-bond donors (Lipinski definition) is 0. The van der Waals surface area contributed by atoms with Crippen molar-refractivity contribution in [2.45, 2.75) is 230 Å². The zero-order valence-electron chi connectivity index (χ0n) is 37.9. The summed E-state index contributed by atoms with van der Waals surface area (Å²) in [6.45, 7) is 13.6. The van der Waals surface area contributed by atoms with E-state index in [1.54, 1.807) is 21.7 Å². The molecule has 0 N–H and O–H groups in total. The minimum absolute atomic E-state index is 0.0377. The first-order valence-corrected chi connectivity index (χ1v) is 27.5. The fourth-order valence-electron chi connectivity index (χ4n) is 6.16. The van der Waals surface area contributed by atoms with Crippen LogP contribution in [0.1, 0.15) is 221 Å². The Balaban J connectivity index is -0.000000800. The summed E-state index contributed by atoms with van der Waals surface area (Å²) in [7, 11) is 0. The van der Waals surface area contributed by atoms with Crippen LogP contribution in [0.2, 0.25) is 8.87 Å². The van der Waals surface area contributed by atoms with E-state index in [-0.39, 0.29) is 21.1 Å². The molecule has 0 aromatic rings. The molecule has 0 saturated heterocycles. The van der Waals surface area contributed by atoms with E-state index in [9.17, 15) is 29.4 Å². The second kappa shape index (κ2) is 50.3. The SMILES string of the molecule is CCCCC(CC)COC(=O)/C=C\C(=O)[O-].CCCCC(CC)COC(=O)/C=C\C(=O)[O-].CCCCCCCCCCC[CH2][Sn+2][CH2]CCCCCCCCCCC. The van der Waals surface area contributed by atoms with Crippen LogP contribution in [0.4, 0.5) is 0 Å². The molecule has 2 unspecified atom stereocenters. The second-order valence-corrected chi connectivity index (χ2v) is 19.8. The van der Waals surface area contributed by atoms with E-state index in [1.165, 1.54) is 116 Å². The molecule has 332 valence electrons. The molecule has 0 heterocycles. The van der Waals surface area contributed by atoms with Gasteiger partial charge in [-0.05, 0) is 36.8 Å². The molecule has 0 aliphatic heterocycles. The van der Waals surface area contributed by atoms with Crippen LogP contribution in [0, 0.1) is 11.8 Å². The van der Waals surface area contributed by atoms with Gasteiger partial charge >= 0.3 is 184 Å². The molecule has 0 aliphatic carbocycles. The van der Waals surface area contributed by atoms with Crippen LogP contribution in [0.5, 0.6) is 0 Å². The van der Waals surface area contributed by atoms with Crippen LogP contribution in [-0.2, 0) is 28.7 Å². The summed E-state index contributed by atoms with van der Waals surface area (Å²) in [5.41, 5.74) is 0. The first-order chi connectivity index (χ1) is 27.6. The van der Waals surface area contributed by atoms with Gasteiger partial charge in [-0.2, -0.15) is 0 Å². The molecule has 0 rings (SSSR count). The Kier molecular flexibility index (Phi) is 52.5. The van der Waals surface area contributed by atoms with Gasteiger partial charge in [0, 0.05) is 12.2 Å². The zero-order valence-corrected chi connectivity index (χ0v) is 40.7. The maximum atomic E-state index is 11.0. The third kappa shape index (κ3) is 54.2. The van der Waals surface area contributed by atoms with Crippen molar-refractivity contribution in [1.82, 2.24) is 0 Å². The van der Waals surface area contributed by atoms with Crippen LogP contribution in [0.25, 0.3) is 0 Å². The number of ether oxygens (including phenoxy) is 2. The Morgan fingerprint density at radius 3 is 0.965 bits per heavy atom. The number of unbranched alkanes of at least 4 members (excludes halogenated alkanes) is 20. The Bertz CT molecular complexity index is 877. The Hall–Kier alpha value is -1.84. The fourth-order valence-corrected chi connectivity index (χ4v) is 9.73. The van der Waals surface area contributed by atoms with E-state index in [0.717, 1.165) is 63.5 Å². The molecule has 0 radical (unpaired) electrons. The Morgan fingerprint density at radius 1 is 0.421 bits per heavy atom. The van der Waals surface area contributed by atoms with E-state index < -0.39 is 23.9 Å². The summed E-state index contributed by atoms with van der Waals surface area (Å²) in [5, 5.41) is 20.1. The van der Waals surface area contributed by atoms with Gasteiger partial charge in [0.1, 0.15) is 0 Å².